The molecule has 178 valence electrons. The van der Waals surface area contributed by atoms with Gasteiger partial charge in [0, 0.05) is 28.6 Å². The molecule has 34 heavy (non-hydrogen) atoms. The Hall–Kier alpha value is -2.21. The van der Waals surface area contributed by atoms with E-state index in [1.54, 1.807) is 35.3 Å². The van der Waals surface area contributed by atoms with Crippen molar-refractivity contribution in [2.24, 2.45) is 5.10 Å². The van der Waals surface area contributed by atoms with E-state index in [2.05, 4.69) is 9.82 Å². The molecule has 1 aliphatic heterocycles. The smallest absolute Gasteiger partial charge is 0.240 e. The fourth-order valence-corrected chi connectivity index (χ4v) is 5.19. The Balaban J connectivity index is 1.58. The average Bonchev–Trinajstić information content (AvgIpc) is 3.22. The highest BCUT2D eigenvalue weighted by molar-refractivity contribution is 7.89. The van der Waals surface area contributed by atoms with Gasteiger partial charge in [-0.15, -0.1) is 0 Å². The molecule has 0 aliphatic carbocycles. The van der Waals surface area contributed by atoms with Gasteiger partial charge in [0.1, 0.15) is 0 Å². The summed E-state index contributed by atoms with van der Waals surface area (Å²) in [4.78, 5) is -0.0389. The lowest BCUT2D eigenvalue weighted by molar-refractivity contribution is -0.991. The second kappa shape index (κ2) is 10.2. The third kappa shape index (κ3) is 5.54. The van der Waals surface area contributed by atoms with E-state index >= 15 is 0 Å². The number of hydrogen-bond donors (Lipinski definition) is 3. The number of halogens is 3. The van der Waals surface area contributed by atoms with Crippen molar-refractivity contribution in [1.82, 2.24) is 4.72 Å². The third-order valence-electron chi connectivity index (χ3n) is 5.26. The predicted octanol–water partition coefficient (Wildman–Crippen LogP) is 4.34. The Labute approximate surface area is 211 Å². The van der Waals surface area contributed by atoms with Crippen LogP contribution >= 0.6 is 34.8 Å². The zero-order valence-electron chi connectivity index (χ0n) is 17.5. The number of benzene rings is 3. The minimum absolute atomic E-state index is 0.000379. The van der Waals surface area contributed by atoms with Gasteiger partial charge in [-0.2, -0.15) is 10.3 Å². The first-order chi connectivity index (χ1) is 16.1. The standard InChI is InChI=1S/C22H19Cl3N4O4S/c23-15-3-1-14(2-4-15)22-12-17(27-28(22)21-10-5-16(24)11-20(21)25)13-26-34(32,33)19-8-6-18(7-9-19)29(30)31/h1-11,22,26,29-30H,12-13H2. The van der Waals surface area contributed by atoms with Gasteiger partial charge in [0.15, 0.2) is 5.69 Å². The number of anilines is 1. The molecule has 2 atom stereocenters. The lowest BCUT2D eigenvalue weighted by Crippen LogP contribution is -2.99. The van der Waals surface area contributed by atoms with Crippen molar-refractivity contribution < 1.29 is 18.9 Å². The van der Waals surface area contributed by atoms with Crippen molar-refractivity contribution in [3.8, 4) is 0 Å². The normalized spacial score (nSPS) is 17.0. The van der Waals surface area contributed by atoms with E-state index in [9.17, 15) is 13.6 Å². The van der Waals surface area contributed by atoms with E-state index in [4.69, 9.17) is 40.0 Å². The molecule has 8 nitrogen and oxygen atoms in total. The zero-order chi connectivity index (χ0) is 24.5. The number of nitrogens with zero attached hydrogens (tertiary/aromatic N) is 2. The van der Waals surface area contributed by atoms with Crippen molar-refractivity contribution in [2.45, 2.75) is 17.4 Å². The van der Waals surface area contributed by atoms with Gasteiger partial charge in [0.2, 0.25) is 10.0 Å². The number of hydrazone groups is 1. The first-order valence-corrected chi connectivity index (χ1v) is 12.6. The van der Waals surface area contributed by atoms with Crippen LogP contribution in [0, 0.1) is 5.21 Å². The Morgan fingerprint density at radius 3 is 2.29 bits per heavy atom. The van der Waals surface area contributed by atoms with Gasteiger partial charge in [0.25, 0.3) is 0 Å². The summed E-state index contributed by atoms with van der Waals surface area (Å²) in [6.45, 7) is -0.0329. The maximum absolute atomic E-state index is 12.7. The maximum Gasteiger partial charge on any atom is 0.240 e. The molecule has 0 saturated heterocycles. The molecule has 0 bridgehead atoms. The van der Waals surface area contributed by atoms with E-state index in [-0.39, 0.29) is 23.2 Å². The van der Waals surface area contributed by atoms with Gasteiger partial charge in [0.05, 0.1) is 33.9 Å². The molecule has 3 N–H and O–H groups in total. The van der Waals surface area contributed by atoms with Gasteiger partial charge in [-0.25, -0.2) is 18.3 Å². The van der Waals surface area contributed by atoms with Crippen LogP contribution in [0.4, 0.5) is 11.4 Å². The van der Waals surface area contributed by atoms with E-state index in [1.165, 1.54) is 24.3 Å². The predicted molar refractivity (Wildman–Crippen MR) is 133 cm³/mol. The molecule has 0 saturated carbocycles. The number of hydrogen-bond acceptors (Lipinski definition) is 6. The summed E-state index contributed by atoms with van der Waals surface area (Å²) in [5.41, 5.74) is 2.16. The molecule has 3 aromatic rings. The summed E-state index contributed by atoms with van der Waals surface area (Å²) in [6, 6.07) is 17.2. The molecule has 2 unspecified atom stereocenters. The minimum Gasteiger partial charge on any atom is -0.595 e. The van der Waals surface area contributed by atoms with Gasteiger partial charge < -0.3 is 5.21 Å². The highest BCUT2D eigenvalue weighted by atomic mass is 35.5. The average molecular weight is 542 g/mol. The zero-order valence-corrected chi connectivity index (χ0v) is 20.5. The summed E-state index contributed by atoms with van der Waals surface area (Å²) >= 11 is 18.5. The molecule has 0 spiro atoms. The topological polar surface area (TPSA) is 110 Å². The second-order valence-corrected chi connectivity index (χ2v) is 10.6. The van der Waals surface area contributed by atoms with Crippen molar-refractivity contribution >= 4 is 61.9 Å². The summed E-state index contributed by atoms with van der Waals surface area (Å²) in [7, 11) is -3.88. The number of nitrogens with one attached hydrogen (secondary N) is 2. The first kappa shape index (κ1) is 24.9. The maximum atomic E-state index is 12.7. The quantitative estimate of drug-likeness (QED) is 0.386. The molecule has 0 radical (unpaired) electrons. The van der Waals surface area contributed by atoms with Crippen LogP contribution in [0.15, 0.2) is 76.7 Å². The lowest BCUT2D eigenvalue weighted by atomic mass is 10.0. The van der Waals surface area contributed by atoms with Crippen LogP contribution in [0.25, 0.3) is 0 Å². The van der Waals surface area contributed by atoms with E-state index in [0.717, 1.165) is 5.56 Å². The summed E-state index contributed by atoms with van der Waals surface area (Å²) in [5, 5.41) is 26.8. The first-order valence-electron chi connectivity index (χ1n) is 10.0. The summed E-state index contributed by atoms with van der Waals surface area (Å²) < 4.78 is 28.0. The van der Waals surface area contributed by atoms with Crippen LogP contribution in [-0.4, -0.2) is 25.9 Å². The van der Waals surface area contributed by atoms with Crippen LogP contribution in [0.2, 0.25) is 15.1 Å². The minimum atomic E-state index is -3.88. The van der Waals surface area contributed by atoms with Gasteiger partial charge >= 0.3 is 0 Å². The largest absolute Gasteiger partial charge is 0.595 e. The molecule has 1 aliphatic rings. The van der Waals surface area contributed by atoms with Crippen molar-refractivity contribution in [1.29, 1.82) is 0 Å². The monoisotopic (exact) mass is 540 g/mol. The highest BCUT2D eigenvalue weighted by Gasteiger charge is 2.31. The number of sulfonamides is 1. The second-order valence-electron chi connectivity index (χ2n) is 7.53. The van der Waals surface area contributed by atoms with E-state index < -0.39 is 15.2 Å². The van der Waals surface area contributed by atoms with Crippen molar-refractivity contribution in [3.63, 3.8) is 0 Å². The molecule has 1 heterocycles. The highest BCUT2D eigenvalue weighted by Crippen LogP contribution is 2.39. The van der Waals surface area contributed by atoms with Crippen LogP contribution in [-0.2, 0) is 10.0 Å². The summed E-state index contributed by atoms with van der Waals surface area (Å²) in [6.07, 6.45) is 0.445. The lowest BCUT2D eigenvalue weighted by Gasteiger charge is -2.25. The van der Waals surface area contributed by atoms with Crippen molar-refractivity contribution in [3.05, 3.63) is 92.6 Å². The molecule has 3 aromatic carbocycles. The van der Waals surface area contributed by atoms with Crippen LogP contribution < -0.4 is 15.0 Å². The molecule has 12 heteroatoms. The number of quaternary nitrogens is 1. The Kier molecular flexibility index (Phi) is 7.46. The molecular weight excluding hydrogens is 523 g/mol. The molecule has 0 amide bonds. The van der Waals surface area contributed by atoms with Crippen LogP contribution in [0.3, 0.4) is 0 Å². The van der Waals surface area contributed by atoms with Crippen LogP contribution in [0.5, 0.6) is 0 Å². The summed E-state index contributed by atoms with van der Waals surface area (Å²) in [5.74, 6) is 0. The number of rotatable bonds is 7. The molecule has 0 aromatic heterocycles. The van der Waals surface area contributed by atoms with Gasteiger partial charge in [-0.3, -0.25) is 5.01 Å². The Bertz CT molecular complexity index is 1320. The Morgan fingerprint density at radius 1 is 1.03 bits per heavy atom. The van der Waals surface area contributed by atoms with Gasteiger partial charge in [-0.05, 0) is 48.0 Å². The molecule has 0 fully saturated rings. The fraction of sp³-hybridized carbons (Fsp3) is 0.136. The van der Waals surface area contributed by atoms with Gasteiger partial charge in [-0.1, -0.05) is 46.9 Å². The third-order valence-corrected chi connectivity index (χ3v) is 7.47. The Morgan fingerprint density at radius 2 is 1.68 bits per heavy atom. The van der Waals surface area contributed by atoms with Crippen molar-refractivity contribution in [2.75, 3.05) is 11.6 Å². The molecular formula is C22H19Cl3N4O4S. The molecule has 4 rings (SSSR count). The van der Waals surface area contributed by atoms with E-state index in [1.807, 2.05) is 12.1 Å². The van der Waals surface area contributed by atoms with E-state index in [0.29, 0.717) is 32.9 Å². The SMILES string of the molecule is O=S(=O)(NCC1=NN(c2ccc(Cl)cc2Cl)C(c2ccc(Cl)cc2)C1)c1ccc([NH+]([O-])O)cc1. The fourth-order valence-electron chi connectivity index (χ4n) is 3.55. The van der Waals surface area contributed by atoms with Crippen LogP contribution in [0.1, 0.15) is 18.0 Å².